The van der Waals surface area contributed by atoms with Gasteiger partial charge in [0.15, 0.2) is 0 Å². The summed E-state index contributed by atoms with van der Waals surface area (Å²) in [6, 6.07) is 12.0. The molecule has 0 saturated carbocycles. The summed E-state index contributed by atoms with van der Waals surface area (Å²) in [6.07, 6.45) is 3.78. The molecule has 3 aromatic heterocycles. The van der Waals surface area contributed by atoms with E-state index in [1.54, 1.807) is 9.20 Å². The zero-order valence-electron chi connectivity index (χ0n) is 14.3. The van der Waals surface area contributed by atoms with Crippen molar-refractivity contribution in [1.29, 1.82) is 0 Å². The predicted molar refractivity (Wildman–Crippen MR) is 97.1 cm³/mol. The summed E-state index contributed by atoms with van der Waals surface area (Å²) < 4.78 is 9.18. The van der Waals surface area contributed by atoms with Gasteiger partial charge < -0.3 is 4.74 Å². The summed E-state index contributed by atoms with van der Waals surface area (Å²) in [4.78, 5) is 8.85. The monoisotopic (exact) mass is 380 g/mol. The first-order chi connectivity index (χ1) is 13.4. The van der Waals surface area contributed by atoms with E-state index in [-0.39, 0.29) is 6.10 Å². The van der Waals surface area contributed by atoms with E-state index in [2.05, 4.69) is 30.6 Å². The smallest absolute Gasteiger partial charge is 0.253 e. The molecule has 0 amide bonds. The summed E-state index contributed by atoms with van der Waals surface area (Å²) >= 11 is 1.44. The number of hydrogen-bond acceptors (Lipinski definition) is 8. The van der Waals surface area contributed by atoms with Gasteiger partial charge >= 0.3 is 0 Å². The first-order valence-electron chi connectivity index (χ1n) is 8.69. The number of hydrogen-bond donors (Lipinski definition) is 0. The van der Waals surface area contributed by atoms with Gasteiger partial charge in [-0.05, 0) is 41.1 Å². The van der Waals surface area contributed by atoms with Crippen molar-refractivity contribution in [3.8, 4) is 11.3 Å². The number of tetrazole rings is 1. The fourth-order valence-electron chi connectivity index (χ4n) is 3.07. The second kappa shape index (κ2) is 7.05. The molecular formula is C17H16N8OS. The SMILES string of the molecule is c1ccc(-c2cc(Sc3nnnn3CC3CCCO3)n3ncnc3n2)cc1. The van der Waals surface area contributed by atoms with Crippen molar-refractivity contribution in [3.05, 3.63) is 42.7 Å². The normalized spacial score (nSPS) is 17.0. The molecule has 136 valence electrons. The van der Waals surface area contributed by atoms with Gasteiger partial charge in [-0.2, -0.15) is 14.6 Å². The van der Waals surface area contributed by atoms with Crippen LogP contribution < -0.4 is 0 Å². The van der Waals surface area contributed by atoms with Crippen LogP contribution in [0.5, 0.6) is 0 Å². The van der Waals surface area contributed by atoms with E-state index in [0.717, 1.165) is 35.7 Å². The Kier molecular flexibility index (Phi) is 4.26. The van der Waals surface area contributed by atoms with E-state index >= 15 is 0 Å². The molecule has 4 heterocycles. The van der Waals surface area contributed by atoms with E-state index in [1.165, 1.54) is 18.1 Å². The lowest BCUT2D eigenvalue weighted by molar-refractivity contribution is 0.0912. The van der Waals surface area contributed by atoms with Crippen LogP contribution >= 0.6 is 11.8 Å². The van der Waals surface area contributed by atoms with Crippen LogP contribution in [0.25, 0.3) is 17.0 Å². The molecule has 4 aromatic rings. The molecule has 0 aliphatic carbocycles. The highest BCUT2D eigenvalue weighted by Gasteiger charge is 2.20. The van der Waals surface area contributed by atoms with Crippen LogP contribution in [0.15, 0.2) is 52.9 Å². The molecule has 1 aliphatic rings. The minimum Gasteiger partial charge on any atom is -0.376 e. The average Bonchev–Trinajstić information content (AvgIpc) is 3.45. The second-order valence-electron chi connectivity index (χ2n) is 6.20. The van der Waals surface area contributed by atoms with E-state index < -0.39 is 0 Å². The van der Waals surface area contributed by atoms with Crippen molar-refractivity contribution in [3.63, 3.8) is 0 Å². The molecule has 0 spiro atoms. The van der Waals surface area contributed by atoms with E-state index in [1.807, 2.05) is 36.4 Å². The van der Waals surface area contributed by atoms with E-state index in [0.29, 0.717) is 17.5 Å². The van der Waals surface area contributed by atoms with Crippen molar-refractivity contribution >= 4 is 17.5 Å². The summed E-state index contributed by atoms with van der Waals surface area (Å²) in [5, 5.41) is 17.9. The standard InChI is InChI=1S/C17H16N8OS/c1-2-5-12(6-3-1)14-9-15(25-16(20-14)18-11-19-25)27-17-21-22-23-24(17)10-13-7-4-8-26-13/h1-3,5-6,9,11,13H,4,7-8,10H2. The highest BCUT2D eigenvalue weighted by atomic mass is 32.2. The predicted octanol–water partition coefficient (Wildman–Crippen LogP) is 2.11. The zero-order chi connectivity index (χ0) is 18.1. The van der Waals surface area contributed by atoms with Crippen molar-refractivity contribution < 1.29 is 4.74 Å². The van der Waals surface area contributed by atoms with Gasteiger partial charge in [0.2, 0.25) is 5.16 Å². The maximum atomic E-state index is 5.70. The topological polar surface area (TPSA) is 95.9 Å². The maximum absolute atomic E-state index is 5.70. The molecule has 1 atom stereocenters. The molecular weight excluding hydrogens is 364 g/mol. The van der Waals surface area contributed by atoms with Gasteiger partial charge in [0.25, 0.3) is 5.78 Å². The Morgan fingerprint density at radius 1 is 1.22 bits per heavy atom. The quantitative estimate of drug-likeness (QED) is 0.486. The number of nitrogens with zero attached hydrogens (tertiary/aromatic N) is 8. The fourth-order valence-corrected chi connectivity index (χ4v) is 3.94. The van der Waals surface area contributed by atoms with Crippen LogP contribution in [0.1, 0.15) is 12.8 Å². The highest BCUT2D eigenvalue weighted by Crippen LogP contribution is 2.29. The molecule has 0 radical (unpaired) electrons. The Morgan fingerprint density at radius 2 is 2.15 bits per heavy atom. The van der Waals surface area contributed by atoms with Crippen LogP contribution in [0, 0.1) is 0 Å². The first-order valence-corrected chi connectivity index (χ1v) is 9.50. The van der Waals surface area contributed by atoms with E-state index in [9.17, 15) is 0 Å². The van der Waals surface area contributed by atoms with E-state index in [4.69, 9.17) is 4.74 Å². The van der Waals surface area contributed by atoms with Gasteiger partial charge in [0, 0.05) is 12.2 Å². The largest absolute Gasteiger partial charge is 0.376 e. The summed E-state index contributed by atoms with van der Waals surface area (Å²) in [5.74, 6) is 0.539. The number of ether oxygens (including phenoxy) is 1. The molecule has 1 aliphatic heterocycles. The minimum absolute atomic E-state index is 0.163. The Bertz CT molecular complexity index is 1060. The number of fused-ring (bicyclic) bond motifs is 1. The molecule has 1 aromatic carbocycles. The summed E-state index contributed by atoms with van der Waals surface area (Å²) in [7, 11) is 0. The Labute approximate surface area is 158 Å². The maximum Gasteiger partial charge on any atom is 0.253 e. The Hall–Kier alpha value is -2.85. The van der Waals surface area contributed by atoms with Gasteiger partial charge in [0.05, 0.1) is 18.3 Å². The molecule has 1 saturated heterocycles. The lowest BCUT2D eigenvalue weighted by atomic mass is 10.1. The molecule has 1 unspecified atom stereocenters. The molecule has 5 rings (SSSR count). The molecule has 0 N–H and O–H groups in total. The van der Waals surface area contributed by atoms with Gasteiger partial charge in [-0.3, -0.25) is 0 Å². The van der Waals surface area contributed by atoms with Gasteiger partial charge in [-0.1, -0.05) is 30.3 Å². The summed E-state index contributed by atoms with van der Waals surface area (Å²) in [6.45, 7) is 1.45. The Morgan fingerprint density at radius 3 is 3.00 bits per heavy atom. The van der Waals surface area contributed by atoms with Gasteiger partial charge in [-0.15, -0.1) is 5.10 Å². The number of benzene rings is 1. The van der Waals surface area contributed by atoms with Crippen molar-refractivity contribution in [2.75, 3.05) is 6.61 Å². The van der Waals surface area contributed by atoms with Crippen LogP contribution in [0.2, 0.25) is 0 Å². The van der Waals surface area contributed by atoms with Gasteiger partial charge in [-0.25, -0.2) is 9.67 Å². The zero-order valence-corrected chi connectivity index (χ0v) is 15.2. The first kappa shape index (κ1) is 16.3. The molecule has 1 fully saturated rings. The lowest BCUT2D eigenvalue weighted by Gasteiger charge is -2.10. The third-order valence-electron chi connectivity index (χ3n) is 4.38. The Balaban J connectivity index is 1.50. The molecule has 0 bridgehead atoms. The van der Waals surface area contributed by atoms with Crippen molar-refractivity contribution in [2.24, 2.45) is 0 Å². The highest BCUT2D eigenvalue weighted by molar-refractivity contribution is 7.99. The van der Waals surface area contributed by atoms with Crippen molar-refractivity contribution in [1.82, 2.24) is 39.8 Å². The average molecular weight is 380 g/mol. The number of rotatable bonds is 5. The number of aromatic nitrogens is 8. The summed E-state index contributed by atoms with van der Waals surface area (Å²) in [5.41, 5.74) is 1.85. The van der Waals surface area contributed by atoms with Crippen molar-refractivity contribution in [2.45, 2.75) is 35.7 Å². The van der Waals surface area contributed by atoms with Crippen LogP contribution in [-0.4, -0.2) is 52.5 Å². The minimum atomic E-state index is 0.163. The van der Waals surface area contributed by atoms with Crippen LogP contribution in [0.3, 0.4) is 0 Å². The third-order valence-corrected chi connectivity index (χ3v) is 5.36. The van der Waals surface area contributed by atoms with Gasteiger partial charge in [0.1, 0.15) is 11.4 Å². The van der Waals surface area contributed by atoms with Crippen LogP contribution in [0.4, 0.5) is 0 Å². The second-order valence-corrected chi connectivity index (χ2v) is 7.19. The third kappa shape index (κ3) is 3.28. The van der Waals surface area contributed by atoms with Crippen LogP contribution in [-0.2, 0) is 11.3 Å². The molecule has 9 nitrogen and oxygen atoms in total. The fraction of sp³-hybridized carbons (Fsp3) is 0.294. The molecule has 27 heavy (non-hydrogen) atoms. The molecule has 10 heteroatoms. The lowest BCUT2D eigenvalue weighted by Crippen LogP contribution is -2.17.